The van der Waals surface area contributed by atoms with Gasteiger partial charge in [0.25, 0.3) is 5.91 Å². The van der Waals surface area contributed by atoms with Crippen LogP contribution in [-0.4, -0.2) is 31.7 Å². The molecule has 0 radical (unpaired) electrons. The summed E-state index contributed by atoms with van der Waals surface area (Å²) in [6, 6.07) is 5.14. The molecule has 0 unspecified atom stereocenters. The van der Waals surface area contributed by atoms with Crippen molar-refractivity contribution < 1.29 is 26.4 Å². The van der Waals surface area contributed by atoms with Crippen molar-refractivity contribution in [2.24, 2.45) is 0 Å². The fourth-order valence-corrected chi connectivity index (χ4v) is 3.86. The lowest BCUT2D eigenvalue weighted by Crippen LogP contribution is -2.31. The zero-order valence-corrected chi connectivity index (χ0v) is 14.9. The number of halogens is 3. The predicted molar refractivity (Wildman–Crippen MR) is 90.8 cm³/mol. The van der Waals surface area contributed by atoms with Crippen LogP contribution < -0.4 is 5.32 Å². The number of benzene rings is 2. The van der Waals surface area contributed by atoms with Crippen LogP contribution in [0.3, 0.4) is 0 Å². The molecule has 2 aromatic rings. The monoisotopic (exact) mass is 386 g/mol. The van der Waals surface area contributed by atoms with Crippen molar-refractivity contribution in [3.63, 3.8) is 0 Å². The zero-order chi connectivity index (χ0) is 19.5. The SMILES string of the molecule is CCN(CC)S(=O)(=O)c1ccc(F)c(C(=O)Nc2cc(F)cc(F)c2)c1. The van der Waals surface area contributed by atoms with E-state index in [0.29, 0.717) is 6.07 Å². The summed E-state index contributed by atoms with van der Waals surface area (Å²) in [5.74, 6) is -3.82. The standard InChI is InChI=1S/C17H17F3N2O3S/c1-3-22(4-2)26(24,25)14-5-6-16(20)15(10-14)17(23)21-13-8-11(18)7-12(19)9-13/h5-10H,3-4H2,1-2H3,(H,21,23). The molecule has 0 bridgehead atoms. The Morgan fingerprint density at radius 2 is 1.58 bits per heavy atom. The molecule has 140 valence electrons. The third kappa shape index (κ3) is 4.23. The smallest absolute Gasteiger partial charge is 0.258 e. The van der Waals surface area contributed by atoms with E-state index in [1.54, 1.807) is 13.8 Å². The first-order valence-corrected chi connectivity index (χ1v) is 9.20. The second-order valence-corrected chi connectivity index (χ2v) is 7.28. The number of amides is 1. The van der Waals surface area contributed by atoms with Crippen LogP contribution in [0.25, 0.3) is 0 Å². The van der Waals surface area contributed by atoms with E-state index in [1.165, 1.54) is 0 Å². The lowest BCUT2D eigenvalue weighted by molar-refractivity contribution is 0.102. The van der Waals surface area contributed by atoms with E-state index in [-0.39, 0.29) is 23.7 Å². The number of nitrogens with one attached hydrogen (secondary N) is 1. The van der Waals surface area contributed by atoms with Crippen LogP contribution in [0.5, 0.6) is 0 Å². The van der Waals surface area contributed by atoms with Crippen molar-refractivity contribution in [1.29, 1.82) is 0 Å². The van der Waals surface area contributed by atoms with Gasteiger partial charge in [0, 0.05) is 24.8 Å². The minimum Gasteiger partial charge on any atom is -0.322 e. The Morgan fingerprint density at radius 3 is 2.12 bits per heavy atom. The maximum Gasteiger partial charge on any atom is 0.258 e. The summed E-state index contributed by atoms with van der Waals surface area (Å²) < 4.78 is 66.6. The Labute approximate surface area is 149 Å². The Hall–Kier alpha value is -2.39. The summed E-state index contributed by atoms with van der Waals surface area (Å²) in [7, 11) is -3.89. The molecule has 0 aliphatic rings. The molecule has 0 aliphatic carbocycles. The van der Waals surface area contributed by atoms with Crippen molar-refractivity contribution in [1.82, 2.24) is 4.31 Å². The van der Waals surface area contributed by atoms with E-state index in [0.717, 1.165) is 34.6 Å². The maximum atomic E-state index is 14.0. The molecule has 1 amide bonds. The van der Waals surface area contributed by atoms with E-state index < -0.39 is 38.9 Å². The molecule has 0 spiro atoms. The highest BCUT2D eigenvalue weighted by molar-refractivity contribution is 7.89. The Bertz CT molecular complexity index is 909. The Morgan fingerprint density at radius 1 is 1.00 bits per heavy atom. The molecule has 26 heavy (non-hydrogen) atoms. The van der Waals surface area contributed by atoms with Gasteiger partial charge in [-0.2, -0.15) is 4.31 Å². The average Bonchev–Trinajstić information content (AvgIpc) is 2.54. The van der Waals surface area contributed by atoms with Crippen LogP contribution in [0.2, 0.25) is 0 Å². The number of nitrogens with zero attached hydrogens (tertiary/aromatic N) is 1. The van der Waals surface area contributed by atoms with E-state index in [1.807, 2.05) is 0 Å². The normalized spacial score (nSPS) is 11.6. The summed E-state index contributed by atoms with van der Waals surface area (Å²) in [4.78, 5) is 12.0. The average molecular weight is 386 g/mol. The van der Waals surface area contributed by atoms with Gasteiger partial charge in [-0.1, -0.05) is 13.8 Å². The third-order valence-corrected chi connectivity index (χ3v) is 5.69. The molecule has 0 saturated heterocycles. The largest absolute Gasteiger partial charge is 0.322 e. The molecular weight excluding hydrogens is 369 g/mol. The summed E-state index contributed by atoms with van der Waals surface area (Å²) >= 11 is 0. The van der Waals surface area contributed by atoms with Gasteiger partial charge in [0.05, 0.1) is 10.5 Å². The minimum absolute atomic E-state index is 0.209. The van der Waals surface area contributed by atoms with Gasteiger partial charge < -0.3 is 5.32 Å². The molecule has 5 nitrogen and oxygen atoms in total. The van der Waals surface area contributed by atoms with Gasteiger partial charge in [0.2, 0.25) is 10.0 Å². The van der Waals surface area contributed by atoms with Gasteiger partial charge in [-0.05, 0) is 30.3 Å². The van der Waals surface area contributed by atoms with E-state index >= 15 is 0 Å². The van der Waals surface area contributed by atoms with E-state index in [4.69, 9.17) is 0 Å². The van der Waals surface area contributed by atoms with Gasteiger partial charge >= 0.3 is 0 Å². The topological polar surface area (TPSA) is 66.5 Å². The molecular formula is C17H17F3N2O3S. The molecule has 0 aromatic heterocycles. The molecule has 0 atom stereocenters. The van der Waals surface area contributed by atoms with Crippen molar-refractivity contribution in [3.05, 3.63) is 59.4 Å². The molecule has 0 fully saturated rings. The fourth-order valence-electron chi connectivity index (χ4n) is 2.38. The van der Waals surface area contributed by atoms with Crippen LogP contribution >= 0.6 is 0 Å². The lowest BCUT2D eigenvalue weighted by atomic mass is 10.2. The number of carbonyl (C=O) groups is 1. The molecule has 1 N–H and O–H groups in total. The number of rotatable bonds is 6. The number of sulfonamides is 1. The van der Waals surface area contributed by atoms with Crippen LogP contribution in [0, 0.1) is 17.5 Å². The van der Waals surface area contributed by atoms with Crippen molar-refractivity contribution in [2.75, 3.05) is 18.4 Å². The second-order valence-electron chi connectivity index (χ2n) is 5.34. The van der Waals surface area contributed by atoms with E-state index in [2.05, 4.69) is 5.32 Å². The summed E-state index contributed by atoms with van der Waals surface area (Å²) in [6.07, 6.45) is 0. The number of carbonyl (C=O) groups excluding carboxylic acids is 1. The van der Waals surface area contributed by atoms with Gasteiger partial charge in [-0.15, -0.1) is 0 Å². The third-order valence-electron chi connectivity index (χ3n) is 3.65. The van der Waals surface area contributed by atoms with E-state index in [9.17, 15) is 26.4 Å². The van der Waals surface area contributed by atoms with Gasteiger partial charge in [-0.25, -0.2) is 21.6 Å². The minimum atomic E-state index is -3.89. The molecule has 0 heterocycles. The number of anilines is 1. The lowest BCUT2D eigenvalue weighted by Gasteiger charge is -2.19. The Balaban J connectivity index is 2.39. The first-order valence-electron chi connectivity index (χ1n) is 7.76. The summed E-state index contributed by atoms with van der Waals surface area (Å²) in [6.45, 7) is 3.72. The highest BCUT2D eigenvalue weighted by Gasteiger charge is 2.24. The van der Waals surface area contributed by atoms with Crippen molar-refractivity contribution in [3.8, 4) is 0 Å². The van der Waals surface area contributed by atoms with Gasteiger partial charge in [-0.3, -0.25) is 4.79 Å². The van der Waals surface area contributed by atoms with Crippen molar-refractivity contribution >= 4 is 21.6 Å². The Kier molecular flexibility index (Phi) is 6.04. The maximum absolute atomic E-state index is 14.0. The second kappa shape index (κ2) is 7.88. The quantitative estimate of drug-likeness (QED) is 0.828. The predicted octanol–water partition coefficient (Wildman–Crippen LogP) is 3.39. The highest BCUT2D eigenvalue weighted by atomic mass is 32.2. The molecule has 2 rings (SSSR count). The van der Waals surface area contributed by atoms with Crippen LogP contribution in [0.15, 0.2) is 41.3 Å². The van der Waals surface area contributed by atoms with Crippen LogP contribution in [0.4, 0.5) is 18.9 Å². The van der Waals surface area contributed by atoms with Crippen LogP contribution in [0.1, 0.15) is 24.2 Å². The zero-order valence-electron chi connectivity index (χ0n) is 14.1. The summed E-state index contributed by atoms with van der Waals surface area (Å²) in [5, 5.41) is 2.15. The van der Waals surface area contributed by atoms with Gasteiger partial charge in [0.1, 0.15) is 17.5 Å². The van der Waals surface area contributed by atoms with Gasteiger partial charge in [0.15, 0.2) is 0 Å². The first kappa shape index (κ1) is 19.9. The van der Waals surface area contributed by atoms with Crippen molar-refractivity contribution in [2.45, 2.75) is 18.7 Å². The fraction of sp³-hybridized carbons (Fsp3) is 0.235. The summed E-state index contributed by atoms with van der Waals surface area (Å²) in [5.41, 5.74) is -0.771. The molecule has 0 saturated carbocycles. The first-order chi connectivity index (χ1) is 12.2. The number of hydrogen-bond acceptors (Lipinski definition) is 3. The molecule has 2 aromatic carbocycles. The highest BCUT2D eigenvalue weighted by Crippen LogP contribution is 2.21. The molecule has 0 aliphatic heterocycles. The number of hydrogen-bond donors (Lipinski definition) is 1. The molecule has 9 heteroatoms. The van der Waals surface area contributed by atoms with Crippen LogP contribution in [-0.2, 0) is 10.0 Å².